The van der Waals surface area contributed by atoms with Crippen molar-refractivity contribution in [2.45, 2.75) is 0 Å². The zero-order chi connectivity index (χ0) is 17.3. The normalized spacial score (nSPS) is 11.1. The Morgan fingerprint density at radius 1 is 0.962 bits per heavy atom. The molecule has 0 amide bonds. The summed E-state index contributed by atoms with van der Waals surface area (Å²) in [5.41, 5.74) is 5.00. The van der Waals surface area contributed by atoms with Crippen LogP contribution in [0.2, 0.25) is 0 Å². The summed E-state index contributed by atoms with van der Waals surface area (Å²) in [4.78, 5) is 0. The predicted molar refractivity (Wildman–Crippen MR) is 101 cm³/mol. The zero-order valence-electron chi connectivity index (χ0n) is 13.7. The van der Waals surface area contributed by atoms with Crippen molar-refractivity contribution in [2.75, 3.05) is 5.32 Å². The summed E-state index contributed by atoms with van der Waals surface area (Å²) in [6, 6.07) is 18.1. The number of aromatic amines is 2. The van der Waals surface area contributed by atoms with Crippen LogP contribution in [0.1, 0.15) is 0 Å². The van der Waals surface area contributed by atoms with Crippen molar-refractivity contribution in [1.29, 1.82) is 0 Å². The minimum atomic E-state index is 0.763. The standard InChI is InChI=1S/C19H15N7/c1-8-21-26(9-1)16-5-2-13(3-6-16)18-11-19(25-24-18)22-15-4-7-17-14(10-15)12-20-23-17/h1-12H,(H,20,23)(H2,22,24,25). The number of fused-ring (bicyclic) bond motifs is 1. The number of aromatic nitrogens is 6. The van der Waals surface area contributed by atoms with Crippen molar-refractivity contribution < 1.29 is 0 Å². The molecule has 0 aliphatic heterocycles. The quantitative estimate of drug-likeness (QED) is 0.463. The number of hydrogen-bond donors (Lipinski definition) is 3. The van der Waals surface area contributed by atoms with Crippen molar-refractivity contribution in [1.82, 2.24) is 30.2 Å². The second kappa shape index (κ2) is 5.89. The molecule has 7 nitrogen and oxygen atoms in total. The summed E-state index contributed by atoms with van der Waals surface area (Å²) >= 11 is 0. The maximum atomic E-state index is 4.35. The topological polar surface area (TPSA) is 87.2 Å². The van der Waals surface area contributed by atoms with E-state index in [1.807, 2.05) is 65.5 Å². The molecule has 5 rings (SSSR count). The fourth-order valence-electron chi connectivity index (χ4n) is 2.92. The van der Waals surface area contributed by atoms with Crippen LogP contribution in [0.15, 0.2) is 73.2 Å². The fourth-order valence-corrected chi connectivity index (χ4v) is 2.92. The van der Waals surface area contributed by atoms with E-state index < -0.39 is 0 Å². The molecule has 0 spiro atoms. The maximum Gasteiger partial charge on any atom is 0.152 e. The van der Waals surface area contributed by atoms with Gasteiger partial charge >= 0.3 is 0 Å². The lowest BCUT2D eigenvalue weighted by molar-refractivity contribution is 0.880. The first-order valence-electron chi connectivity index (χ1n) is 8.21. The van der Waals surface area contributed by atoms with Gasteiger partial charge in [-0.15, -0.1) is 0 Å². The first-order valence-corrected chi connectivity index (χ1v) is 8.21. The Hall–Kier alpha value is -3.87. The molecule has 2 aromatic carbocycles. The molecule has 0 saturated heterocycles. The summed E-state index contributed by atoms with van der Waals surface area (Å²) in [7, 11) is 0. The third kappa shape index (κ3) is 2.61. The van der Waals surface area contributed by atoms with Crippen LogP contribution < -0.4 is 5.32 Å². The number of H-pyrrole nitrogens is 2. The van der Waals surface area contributed by atoms with Gasteiger partial charge in [0.15, 0.2) is 5.82 Å². The molecule has 5 aromatic rings. The van der Waals surface area contributed by atoms with E-state index in [1.165, 1.54) is 0 Å². The van der Waals surface area contributed by atoms with E-state index in [4.69, 9.17) is 0 Å². The summed E-state index contributed by atoms with van der Waals surface area (Å²) < 4.78 is 1.83. The molecule has 0 aliphatic carbocycles. The Labute approximate surface area is 148 Å². The molecule has 26 heavy (non-hydrogen) atoms. The largest absolute Gasteiger partial charge is 0.339 e. The van der Waals surface area contributed by atoms with Gasteiger partial charge in [-0.2, -0.15) is 15.3 Å². The molecular weight excluding hydrogens is 326 g/mol. The van der Waals surface area contributed by atoms with Gasteiger partial charge in [0.25, 0.3) is 0 Å². The number of nitrogens with one attached hydrogen (secondary N) is 3. The number of rotatable bonds is 4. The molecule has 0 bridgehead atoms. The van der Waals surface area contributed by atoms with Gasteiger partial charge in [-0.25, -0.2) is 4.68 Å². The fraction of sp³-hybridized carbons (Fsp3) is 0. The van der Waals surface area contributed by atoms with Gasteiger partial charge in [-0.1, -0.05) is 12.1 Å². The minimum absolute atomic E-state index is 0.763. The van der Waals surface area contributed by atoms with E-state index in [0.717, 1.165) is 39.4 Å². The Balaban J connectivity index is 1.37. The second-order valence-corrected chi connectivity index (χ2v) is 5.96. The van der Waals surface area contributed by atoms with Crippen molar-refractivity contribution in [3.05, 3.63) is 73.2 Å². The van der Waals surface area contributed by atoms with E-state index in [-0.39, 0.29) is 0 Å². The average Bonchev–Trinajstić information content (AvgIpc) is 3.43. The van der Waals surface area contributed by atoms with Crippen LogP contribution in [0.25, 0.3) is 27.8 Å². The number of benzene rings is 2. The molecule has 7 heteroatoms. The van der Waals surface area contributed by atoms with E-state index >= 15 is 0 Å². The first kappa shape index (κ1) is 14.5. The van der Waals surface area contributed by atoms with Gasteiger partial charge in [-0.05, 0) is 42.0 Å². The monoisotopic (exact) mass is 341 g/mol. The van der Waals surface area contributed by atoms with Gasteiger partial charge in [0.2, 0.25) is 0 Å². The highest BCUT2D eigenvalue weighted by Gasteiger charge is 2.06. The molecule has 0 radical (unpaired) electrons. The lowest BCUT2D eigenvalue weighted by atomic mass is 10.1. The lowest BCUT2D eigenvalue weighted by Crippen LogP contribution is -1.93. The highest BCUT2D eigenvalue weighted by atomic mass is 15.3. The van der Waals surface area contributed by atoms with Crippen LogP contribution in [0.3, 0.4) is 0 Å². The molecule has 0 fully saturated rings. The van der Waals surface area contributed by atoms with Crippen LogP contribution in [0.5, 0.6) is 0 Å². The third-order valence-corrected chi connectivity index (χ3v) is 4.24. The van der Waals surface area contributed by atoms with Crippen molar-refractivity contribution in [3.8, 4) is 16.9 Å². The van der Waals surface area contributed by atoms with Crippen LogP contribution in [0.4, 0.5) is 11.5 Å². The van der Waals surface area contributed by atoms with Crippen molar-refractivity contribution in [2.24, 2.45) is 0 Å². The number of anilines is 2. The highest BCUT2D eigenvalue weighted by molar-refractivity contribution is 5.82. The first-order chi connectivity index (χ1) is 12.8. The summed E-state index contributed by atoms with van der Waals surface area (Å²) in [5.74, 6) is 0.763. The highest BCUT2D eigenvalue weighted by Crippen LogP contribution is 2.24. The lowest BCUT2D eigenvalue weighted by Gasteiger charge is -2.03. The SMILES string of the molecule is c1cnn(-c2ccc(-c3cc(Nc4ccc5[nH]ncc5c4)n[nH]3)cc2)c1. The van der Waals surface area contributed by atoms with Crippen LogP contribution >= 0.6 is 0 Å². The Morgan fingerprint density at radius 2 is 1.88 bits per heavy atom. The van der Waals surface area contributed by atoms with Crippen LogP contribution in [0, 0.1) is 0 Å². The van der Waals surface area contributed by atoms with Gasteiger partial charge in [0.05, 0.1) is 23.1 Å². The molecule has 126 valence electrons. The Bertz CT molecular complexity index is 1150. The molecule has 0 atom stereocenters. The Morgan fingerprint density at radius 3 is 2.73 bits per heavy atom. The Kier molecular flexibility index (Phi) is 3.28. The van der Waals surface area contributed by atoms with Gasteiger partial charge in [0, 0.05) is 29.5 Å². The smallest absolute Gasteiger partial charge is 0.152 e. The molecule has 3 aromatic heterocycles. The summed E-state index contributed by atoms with van der Waals surface area (Å²) in [6.45, 7) is 0. The van der Waals surface area contributed by atoms with Crippen LogP contribution in [-0.2, 0) is 0 Å². The van der Waals surface area contributed by atoms with E-state index in [1.54, 1.807) is 12.4 Å². The summed E-state index contributed by atoms with van der Waals surface area (Å²) in [5, 5.41) is 23.0. The van der Waals surface area contributed by atoms with Gasteiger partial charge < -0.3 is 5.32 Å². The number of nitrogens with zero attached hydrogens (tertiary/aromatic N) is 4. The second-order valence-electron chi connectivity index (χ2n) is 5.96. The minimum Gasteiger partial charge on any atom is -0.339 e. The zero-order valence-corrected chi connectivity index (χ0v) is 13.7. The van der Waals surface area contributed by atoms with Crippen LogP contribution in [-0.4, -0.2) is 30.2 Å². The molecule has 3 heterocycles. The van der Waals surface area contributed by atoms with Gasteiger partial charge in [-0.3, -0.25) is 10.2 Å². The maximum absolute atomic E-state index is 4.35. The van der Waals surface area contributed by atoms with Crippen molar-refractivity contribution >= 4 is 22.4 Å². The average molecular weight is 341 g/mol. The molecule has 0 unspecified atom stereocenters. The van der Waals surface area contributed by atoms with E-state index in [0.29, 0.717) is 0 Å². The van der Waals surface area contributed by atoms with Crippen molar-refractivity contribution in [3.63, 3.8) is 0 Å². The summed E-state index contributed by atoms with van der Waals surface area (Å²) in [6.07, 6.45) is 5.49. The third-order valence-electron chi connectivity index (χ3n) is 4.24. The molecule has 3 N–H and O–H groups in total. The van der Waals surface area contributed by atoms with Gasteiger partial charge in [0.1, 0.15) is 0 Å². The molecule has 0 aliphatic rings. The predicted octanol–water partition coefficient (Wildman–Crippen LogP) is 3.88. The van der Waals surface area contributed by atoms with E-state index in [2.05, 4.69) is 30.8 Å². The van der Waals surface area contributed by atoms with E-state index in [9.17, 15) is 0 Å². The molecular formula is C19H15N7. The number of hydrogen-bond acceptors (Lipinski definition) is 4. The molecule has 0 saturated carbocycles.